The Morgan fingerprint density at radius 3 is 3.06 bits per heavy atom. The van der Waals surface area contributed by atoms with Crippen molar-refractivity contribution in [3.63, 3.8) is 0 Å². The summed E-state index contributed by atoms with van der Waals surface area (Å²) in [6.07, 6.45) is 1.50. The first-order chi connectivity index (χ1) is 8.26. The van der Waals surface area contributed by atoms with Gasteiger partial charge in [0, 0.05) is 26.6 Å². The van der Waals surface area contributed by atoms with Gasteiger partial charge in [0.25, 0.3) is 0 Å². The highest BCUT2D eigenvalue weighted by molar-refractivity contribution is 4.98. The first-order valence-corrected chi connectivity index (χ1v) is 5.55. The summed E-state index contributed by atoms with van der Waals surface area (Å²) in [4.78, 5) is 1.98. The van der Waals surface area contributed by atoms with E-state index in [1.54, 1.807) is 13.4 Å². The Labute approximate surface area is 101 Å². The van der Waals surface area contributed by atoms with Gasteiger partial charge in [-0.1, -0.05) is 0 Å². The lowest BCUT2D eigenvalue weighted by molar-refractivity contribution is 0.0349. The number of methoxy groups -OCH3 is 1. The number of hydrogen-bond donors (Lipinski definition) is 1. The lowest BCUT2D eigenvalue weighted by Gasteiger charge is -2.22. The molecular weight excluding hydrogens is 220 g/mol. The van der Waals surface area contributed by atoms with Crippen molar-refractivity contribution in [3.05, 3.63) is 24.2 Å². The minimum absolute atomic E-state index is 0.293. The van der Waals surface area contributed by atoms with Crippen LogP contribution in [0.4, 0.5) is 0 Å². The zero-order chi connectivity index (χ0) is 12.5. The first-order valence-electron chi connectivity index (χ1n) is 5.55. The molecule has 1 atom stereocenters. The first kappa shape index (κ1) is 13.7. The average Bonchev–Trinajstić information content (AvgIpc) is 2.79. The number of nitriles is 1. The van der Waals surface area contributed by atoms with E-state index in [1.807, 2.05) is 17.0 Å². The van der Waals surface area contributed by atoms with Gasteiger partial charge in [-0.15, -0.1) is 0 Å². The molecule has 0 saturated heterocycles. The summed E-state index contributed by atoms with van der Waals surface area (Å²) >= 11 is 0. The van der Waals surface area contributed by atoms with E-state index in [2.05, 4.69) is 6.07 Å². The lowest BCUT2D eigenvalue weighted by atomic mass is 10.3. The summed E-state index contributed by atoms with van der Waals surface area (Å²) in [5.74, 6) is 0.826. The quantitative estimate of drug-likeness (QED) is 0.731. The monoisotopic (exact) mass is 238 g/mol. The molecule has 5 nitrogen and oxygen atoms in total. The molecule has 94 valence electrons. The number of aliphatic hydroxyl groups excluding tert-OH is 1. The minimum atomic E-state index is -0.548. The molecule has 5 heteroatoms. The molecule has 0 bridgehead atoms. The Kier molecular flexibility index (Phi) is 6.33. The molecule has 0 aromatic carbocycles. The van der Waals surface area contributed by atoms with E-state index in [4.69, 9.17) is 14.4 Å². The zero-order valence-electron chi connectivity index (χ0n) is 10.0. The van der Waals surface area contributed by atoms with Gasteiger partial charge in [0.15, 0.2) is 0 Å². The molecular formula is C12H18N2O3. The van der Waals surface area contributed by atoms with Crippen molar-refractivity contribution in [1.82, 2.24) is 4.90 Å². The largest absolute Gasteiger partial charge is 0.468 e. The lowest BCUT2D eigenvalue weighted by Crippen LogP contribution is -2.34. The molecule has 17 heavy (non-hydrogen) atoms. The van der Waals surface area contributed by atoms with Gasteiger partial charge in [-0.2, -0.15) is 5.26 Å². The molecule has 1 N–H and O–H groups in total. The van der Waals surface area contributed by atoms with Gasteiger partial charge in [-0.3, -0.25) is 4.90 Å². The van der Waals surface area contributed by atoms with Gasteiger partial charge in [0.05, 0.1) is 31.6 Å². The third-order valence-corrected chi connectivity index (χ3v) is 2.33. The molecule has 0 aliphatic heterocycles. The topological polar surface area (TPSA) is 69.6 Å². The SMILES string of the molecule is COCC(O)CN(CCC#N)Cc1ccco1. The van der Waals surface area contributed by atoms with Gasteiger partial charge in [0.2, 0.25) is 0 Å². The molecule has 1 rings (SSSR count). The molecule has 0 spiro atoms. The van der Waals surface area contributed by atoms with Crippen LogP contribution in [0.1, 0.15) is 12.2 Å². The summed E-state index contributed by atoms with van der Waals surface area (Å²) in [5, 5.41) is 18.3. The van der Waals surface area contributed by atoms with Gasteiger partial charge in [-0.05, 0) is 12.1 Å². The van der Waals surface area contributed by atoms with Crippen LogP contribution in [0.2, 0.25) is 0 Å². The smallest absolute Gasteiger partial charge is 0.117 e. The van der Waals surface area contributed by atoms with Crippen molar-refractivity contribution in [3.8, 4) is 6.07 Å². The molecule has 1 heterocycles. The second kappa shape index (κ2) is 7.85. The molecule has 0 saturated carbocycles. The fourth-order valence-corrected chi connectivity index (χ4v) is 1.61. The van der Waals surface area contributed by atoms with Crippen LogP contribution in [0.3, 0.4) is 0 Å². The number of aliphatic hydroxyl groups is 1. The molecule has 1 aromatic heterocycles. The molecule has 0 amide bonds. The molecule has 0 radical (unpaired) electrons. The average molecular weight is 238 g/mol. The Bertz CT molecular complexity index is 332. The normalized spacial score (nSPS) is 12.6. The molecule has 0 aliphatic carbocycles. The van der Waals surface area contributed by atoms with Gasteiger partial charge in [0.1, 0.15) is 5.76 Å². The van der Waals surface area contributed by atoms with Crippen LogP contribution in [-0.4, -0.2) is 42.9 Å². The van der Waals surface area contributed by atoms with E-state index in [0.717, 1.165) is 5.76 Å². The Balaban J connectivity index is 2.45. The maximum Gasteiger partial charge on any atom is 0.117 e. The number of nitrogens with zero attached hydrogens (tertiary/aromatic N) is 2. The third-order valence-electron chi connectivity index (χ3n) is 2.33. The van der Waals surface area contributed by atoms with Crippen LogP contribution >= 0.6 is 0 Å². The maximum absolute atomic E-state index is 9.67. The second-order valence-corrected chi connectivity index (χ2v) is 3.83. The van der Waals surface area contributed by atoms with Crippen molar-refractivity contribution in [1.29, 1.82) is 5.26 Å². The number of rotatable bonds is 8. The van der Waals surface area contributed by atoms with Gasteiger partial charge in [-0.25, -0.2) is 0 Å². The van der Waals surface area contributed by atoms with E-state index in [0.29, 0.717) is 32.7 Å². The number of ether oxygens (including phenoxy) is 1. The molecule has 0 fully saturated rings. The molecule has 1 aromatic rings. The summed E-state index contributed by atoms with van der Waals surface area (Å²) in [6.45, 7) is 1.96. The van der Waals surface area contributed by atoms with Crippen molar-refractivity contribution in [2.24, 2.45) is 0 Å². The fourth-order valence-electron chi connectivity index (χ4n) is 1.61. The number of hydrogen-bond acceptors (Lipinski definition) is 5. The predicted molar refractivity (Wildman–Crippen MR) is 62.1 cm³/mol. The van der Waals surface area contributed by atoms with Crippen LogP contribution in [0.5, 0.6) is 0 Å². The van der Waals surface area contributed by atoms with E-state index >= 15 is 0 Å². The van der Waals surface area contributed by atoms with Crippen LogP contribution in [0.15, 0.2) is 22.8 Å². The van der Waals surface area contributed by atoms with Crippen LogP contribution < -0.4 is 0 Å². The van der Waals surface area contributed by atoms with E-state index in [9.17, 15) is 5.11 Å². The molecule has 1 unspecified atom stereocenters. The third kappa shape index (κ3) is 5.50. The van der Waals surface area contributed by atoms with Crippen molar-refractivity contribution < 1.29 is 14.3 Å². The summed E-state index contributed by atoms with van der Waals surface area (Å²) in [7, 11) is 1.55. The van der Waals surface area contributed by atoms with Gasteiger partial charge < -0.3 is 14.3 Å². The van der Waals surface area contributed by atoms with Crippen LogP contribution in [0, 0.1) is 11.3 Å². The maximum atomic E-state index is 9.67. The van der Waals surface area contributed by atoms with E-state index in [-0.39, 0.29) is 0 Å². The Hall–Kier alpha value is -1.35. The highest BCUT2D eigenvalue weighted by Gasteiger charge is 2.13. The Morgan fingerprint density at radius 2 is 2.47 bits per heavy atom. The van der Waals surface area contributed by atoms with Crippen molar-refractivity contribution >= 4 is 0 Å². The standard InChI is InChI=1S/C12H18N2O3/c1-16-10-11(15)8-14(6-3-5-13)9-12-4-2-7-17-12/h2,4,7,11,15H,3,6,8-10H2,1H3. The van der Waals surface area contributed by atoms with E-state index in [1.165, 1.54) is 0 Å². The van der Waals surface area contributed by atoms with Crippen molar-refractivity contribution in [2.45, 2.75) is 19.1 Å². The molecule has 0 aliphatic rings. The van der Waals surface area contributed by atoms with Crippen LogP contribution in [0.25, 0.3) is 0 Å². The zero-order valence-corrected chi connectivity index (χ0v) is 10.0. The van der Waals surface area contributed by atoms with Crippen LogP contribution in [-0.2, 0) is 11.3 Å². The minimum Gasteiger partial charge on any atom is -0.468 e. The highest BCUT2D eigenvalue weighted by atomic mass is 16.5. The number of furan rings is 1. The summed E-state index contributed by atoms with van der Waals surface area (Å²) in [6, 6.07) is 5.80. The summed E-state index contributed by atoms with van der Waals surface area (Å²) < 4.78 is 10.1. The fraction of sp³-hybridized carbons (Fsp3) is 0.583. The van der Waals surface area contributed by atoms with E-state index < -0.39 is 6.10 Å². The summed E-state index contributed by atoms with van der Waals surface area (Å²) in [5.41, 5.74) is 0. The second-order valence-electron chi connectivity index (χ2n) is 3.83. The van der Waals surface area contributed by atoms with Crippen molar-refractivity contribution in [2.75, 3.05) is 26.8 Å². The highest BCUT2D eigenvalue weighted by Crippen LogP contribution is 2.06. The Morgan fingerprint density at radius 1 is 1.65 bits per heavy atom. The predicted octanol–water partition coefficient (Wildman–Crippen LogP) is 1.00. The van der Waals surface area contributed by atoms with Gasteiger partial charge >= 0.3 is 0 Å².